The van der Waals surface area contributed by atoms with Crippen LogP contribution < -0.4 is 4.74 Å². The van der Waals surface area contributed by atoms with E-state index >= 15 is 0 Å². The second-order valence-electron chi connectivity index (χ2n) is 5.02. The number of hydrogen-bond donors (Lipinski definition) is 1. The lowest BCUT2D eigenvalue weighted by Crippen LogP contribution is -2.47. The molecule has 2 rings (SSSR count). The standard InChI is InChI=1S/C14H21ClN2O2.2ClH/c1-16-6-8-17(9-7-16)10-13(18)11-19-14-4-2-12(15)3-5-14;;/h2-5,13,18H,6-11H2,1H3;2*1H. The van der Waals surface area contributed by atoms with Gasteiger partial charge in [-0.25, -0.2) is 0 Å². The molecule has 0 radical (unpaired) electrons. The van der Waals surface area contributed by atoms with Crippen molar-refractivity contribution in [1.82, 2.24) is 9.80 Å². The third-order valence-corrected chi connectivity index (χ3v) is 3.57. The highest BCUT2D eigenvalue weighted by Crippen LogP contribution is 2.15. The number of halogens is 3. The van der Waals surface area contributed by atoms with Gasteiger partial charge in [0.15, 0.2) is 0 Å². The highest BCUT2D eigenvalue weighted by molar-refractivity contribution is 6.30. The Balaban J connectivity index is 0.00000200. The first-order valence-corrected chi connectivity index (χ1v) is 6.98. The molecule has 0 bridgehead atoms. The van der Waals surface area contributed by atoms with Gasteiger partial charge >= 0.3 is 0 Å². The average Bonchev–Trinajstić information content (AvgIpc) is 2.41. The molecule has 1 aromatic carbocycles. The van der Waals surface area contributed by atoms with E-state index in [-0.39, 0.29) is 24.8 Å². The van der Waals surface area contributed by atoms with Gasteiger partial charge in [-0.1, -0.05) is 11.6 Å². The quantitative estimate of drug-likeness (QED) is 0.876. The summed E-state index contributed by atoms with van der Waals surface area (Å²) in [4.78, 5) is 4.57. The van der Waals surface area contributed by atoms with Gasteiger partial charge in [-0.3, -0.25) is 4.90 Å². The maximum absolute atomic E-state index is 9.98. The topological polar surface area (TPSA) is 35.9 Å². The van der Waals surface area contributed by atoms with Gasteiger partial charge in [0.2, 0.25) is 0 Å². The predicted molar refractivity (Wildman–Crippen MR) is 91.4 cm³/mol. The van der Waals surface area contributed by atoms with Gasteiger partial charge in [0.25, 0.3) is 0 Å². The molecule has 1 heterocycles. The number of likely N-dealkylation sites (N-methyl/N-ethyl adjacent to an activating group) is 1. The minimum absolute atomic E-state index is 0. The van der Waals surface area contributed by atoms with Crippen molar-refractivity contribution in [2.45, 2.75) is 6.10 Å². The lowest BCUT2D eigenvalue weighted by molar-refractivity contribution is 0.0505. The van der Waals surface area contributed by atoms with Crippen molar-refractivity contribution < 1.29 is 9.84 Å². The Hall–Kier alpha value is -0.230. The minimum atomic E-state index is -0.459. The van der Waals surface area contributed by atoms with Crippen molar-refractivity contribution in [3.8, 4) is 5.75 Å². The number of piperazine rings is 1. The van der Waals surface area contributed by atoms with Crippen molar-refractivity contribution in [2.24, 2.45) is 0 Å². The normalized spacial score (nSPS) is 17.5. The van der Waals surface area contributed by atoms with Crippen LogP contribution in [0.5, 0.6) is 5.75 Å². The summed E-state index contributed by atoms with van der Waals surface area (Å²) in [6.07, 6.45) is -0.459. The number of ether oxygens (including phenoxy) is 1. The smallest absolute Gasteiger partial charge is 0.119 e. The van der Waals surface area contributed by atoms with Crippen molar-refractivity contribution in [1.29, 1.82) is 0 Å². The van der Waals surface area contributed by atoms with Crippen LogP contribution in [0.4, 0.5) is 0 Å². The molecule has 1 aliphatic heterocycles. The van der Waals surface area contributed by atoms with Gasteiger partial charge in [-0.15, -0.1) is 24.8 Å². The van der Waals surface area contributed by atoms with E-state index in [1.165, 1.54) is 0 Å². The number of hydrogen-bond acceptors (Lipinski definition) is 4. The highest BCUT2D eigenvalue weighted by atomic mass is 35.5. The molecule has 1 unspecified atom stereocenters. The van der Waals surface area contributed by atoms with Crippen molar-refractivity contribution in [2.75, 3.05) is 46.4 Å². The zero-order valence-electron chi connectivity index (χ0n) is 12.1. The van der Waals surface area contributed by atoms with E-state index in [9.17, 15) is 5.11 Å². The van der Waals surface area contributed by atoms with Gasteiger partial charge in [-0.2, -0.15) is 0 Å². The summed E-state index contributed by atoms with van der Waals surface area (Å²) in [7, 11) is 2.12. The van der Waals surface area contributed by atoms with Crippen molar-refractivity contribution in [3.63, 3.8) is 0 Å². The third-order valence-electron chi connectivity index (χ3n) is 3.32. The molecule has 4 nitrogen and oxygen atoms in total. The molecule has 1 atom stereocenters. The van der Waals surface area contributed by atoms with E-state index in [0.29, 0.717) is 18.2 Å². The largest absolute Gasteiger partial charge is 0.491 e. The first-order valence-electron chi connectivity index (χ1n) is 6.61. The fourth-order valence-corrected chi connectivity index (χ4v) is 2.23. The summed E-state index contributed by atoms with van der Waals surface area (Å²) in [6.45, 7) is 5.12. The number of β-amino-alcohol motifs (C(OH)–C–C–N with tert-alkyl or cyclic N) is 1. The minimum Gasteiger partial charge on any atom is -0.491 e. The maximum Gasteiger partial charge on any atom is 0.119 e. The molecule has 1 aromatic rings. The van der Waals surface area contributed by atoms with E-state index in [4.69, 9.17) is 16.3 Å². The lowest BCUT2D eigenvalue weighted by Gasteiger charge is -2.33. The number of aliphatic hydroxyl groups excluding tert-OH is 1. The average molecular weight is 358 g/mol. The Bertz CT molecular complexity index is 384. The molecule has 21 heavy (non-hydrogen) atoms. The third kappa shape index (κ3) is 7.54. The van der Waals surface area contributed by atoms with E-state index < -0.39 is 6.10 Å². The number of benzene rings is 1. The molecule has 0 amide bonds. The maximum atomic E-state index is 9.98. The summed E-state index contributed by atoms with van der Waals surface area (Å²) >= 11 is 5.80. The summed E-state index contributed by atoms with van der Waals surface area (Å²) in [6, 6.07) is 7.18. The van der Waals surface area contributed by atoms with Crippen LogP contribution in [0.15, 0.2) is 24.3 Å². The van der Waals surface area contributed by atoms with E-state index in [0.717, 1.165) is 31.9 Å². The molecule has 0 spiro atoms. The van der Waals surface area contributed by atoms with Crippen LogP contribution in [0.1, 0.15) is 0 Å². The van der Waals surface area contributed by atoms with Crippen LogP contribution in [0.25, 0.3) is 0 Å². The molecular weight excluding hydrogens is 335 g/mol. The first-order chi connectivity index (χ1) is 9.13. The molecule has 1 fully saturated rings. The van der Waals surface area contributed by atoms with Crippen LogP contribution in [0.2, 0.25) is 5.02 Å². The van der Waals surface area contributed by atoms with Crippen LogP contribution in [-0.2, 0) is 0 Å². The Kier molecular flexibility index (Phi) is 10.4. The zero-order chi connectivity index (χ0) is 13.7. The molecule has 0 aliphatic carbocycles. The molecule has 1 aliphatic rings. The summed E-state index contributed by atoms with van der Waals surface area (Å²) in [5, 5.41) is 10.7. The second kappa shape index (κ2) is 10.5. The van der Waals surface area contributed by atoms with Gasteiger partial charge in [0, 0.05) is 37.7 Å². The van der Waals surface area contributed by atoms with Crippen molar-refractivity contribution in [3.05, 3.63) is 29.3 Å². The molecular formula is C14H23Cl3N2O2. The fourth-order valence-electron chi connectivity index (χ4n) is 2.10. The summed E-state index contributed by atoms with van der Waals surface area (Å²) in [5.41, 5.74) is 0. The summed E-state index contributed by atoms with van der Waals surface area (Å²) < 4.78 is 5.54. The van der Waals surface area contributed by atoms with Crippen molar-refractivity contribution >= 4 is 36.4 Å². The molecule has 7 heteroatoms. The molecule has 1 saturated heterocycles. The van der Waals surface area contributed by atoms with Crippen LogP contribution in [-0.4, -0.2) is 67.4 Å². The van der Waals surface area contributed by atoms with Gasteiger partial charge in [0.05, 0.1) is 0 Å². The second-order valence-corrected chi connectivity index (χ2v) is 5.46. The predicted octanol–water partition coefficient (Wildman–Crippen LogP) is 2.17. The highest BCUT2D eigenvalue weighted by Gasteiger charge is 2.17. The number of rotatable bonds is 5. The molecule has 1 N–H and O–H groups in total. The number of aliphatic hydroxyl groups is 1. The van der Waals surface area contributed by atoms with Gasteiger partial charge < -0.3 is 14.7 Å². The Labute approximate surface area is 143 Å². The molecule has 122 valence electrons. The van der Waals surface area contributed by atoms with E-state index in [1.54, 1.807) is 12.1 Å². The zero-order valence-corrected chi connectivity index (χ0v) is 14.5. The monoisotopic (exact) mass is 356 g/mol. The molecule has 0 saturated carbocycles. The fraction of sp³-hybridized carbons (Fsp3) is 0.571. The van der Waals surface area contributed by atoms with Gasteiger partial charge in [0.1, 0.15) is 18.5 Å². The Morgan fingerprint density at radius 2 is 1.71 bits per heavy atom. The van der Waals surface area contributed by atoms with Crippen LogP contribution in [0, 0.1) is 0 Å². The van der Waals surface area contributed by atoms with E-state index in [2.05, 4.69) is 16.8 Å². The molecule has 0 aromatic heterocycles. The van der Waals surface area contributed by atoms with Crippen LogP contribution in [0.3, 0.4) is 0 Å². The SMILES string of the molecule is CN1CCN(CC(O)COc2ccc(Cl)cc2)CC1.Cl.Cl. The lowest BCUT2D eigenvalue weighted by atomic mass is 10.3. The number of nitrogens with zero attached hydrogens (tertiary/aromatic N) is 2. The van der Waals surface area contributed by atoms with Crippen LogP contribution >= 0.6 is 36.4 Å². The van der Waals surface area contributed by atoms with Gasteiger partial charge in [-0.05, 0) is 31.3 Å². The first kappa shape index (κ1) is 20.8. The Morgan fingerprint density at radius 1 is 1.14 bits per heavy atom. The summed E-state index contributed by atoms with van der Waals surface area (Å²) in [5.74, 6) is 0.738. The Morgan fingerprint density at radius 3 is 2.29 bits per heavy atom. The van der Waals surface area contributed by atoms with E-state index in [1.807, 2.05) is 12.1 Å².